The predicted molar refractivity (Wildman–Crippen MR) is 45.5 cm³/mol. The van der Waals surface area contributed by atoms with Crippen molar-refractivity contribution in [2.75, 3.05) is 13.2 Å². The van der Waals surface area contributed by atoms with Gasteiger partial charge in [-0.1, -0.05) is 19.9 Å². The molecule has 2 nitrogen and oxygen atoms in total. The number of ketones is 1. The van der Waals surface area contributed by atoms with Gasteiger partial charge in [0.2, 0.25) is 0 Å². The lowest BCUT2D eigenvalue weighted by Gasteiger charge is -2.00. The van der Waals surface area contributed by atoms with E-state index in [1.807, 2.05) is 0 Å². The molecular formula is C9H16O2. The van der Waals surface area contributed by atoms with Crippen LogP contribution in [0.3, 0.4) is 0 Å². The topological polar surface area (TPSA) is 26.3 Å². The van der Waals surface area contributed by atoms with E-state index in [0.29, 0.717) is 12.2 Å². The molecule has 0 unspecified atom stereocenters. The van der Waals surface area contributed by atoms with Gasteiger partial charge in [0.1, 0.15) is 6.61 Å². The first-order valence-electron chi connectivity index (χ1n) is 3.95. The lowest BCUT2D eigenvalue weighted by atomic mass is 10.2. The lowest BCUT2D eigenvalue weighted by molar-refractivity contribution is -0.119. The highest BCUT2D eigenvalue weighted by molar-refractivity contribution is 5.95. The highest BCUT2D eigenvalue weighted by atomic mass is 16.5. The van der Waals surface area contributed by atoms with Gasteiger partial charge in [-0.3, -0.25) is 4.79 Å². The van der Waals surface area contributed by atoms with E-state index >= 15 is 0 Å². The molecule has 0 saturated carbocycles. The summed E-state index contributed by atoms with van der Waals surface area (Å²) in [5.74, 6) is 0.00102. The van der Waals surface area contributed by atoms with Crippen LogP contribution in [0.1, 0.15) is 26.7 Å². The Morgan fingerprint density at radius 3 is 2.64 bits per heavy atom. The molecule has 0 fully saturated rings. The number of Topliss-reactive ketones (excluding diaryl/α,β-unsaturated/α-hetero) is 1. The van der Waals surface area contributed by atoms with Gasteiger partial charge >= 0.3 is 0 Å². The molecule has 0 aliphatic heterocycles. The number of hydrogen-bond donors (Lipinski definition) is 0. The van der Waals surface area contributed by atoms with Crippen molar-refractivity contribution < 1.29 is 9.53 Å². The third-order valence-corrected chi connectivity index (χ3v) is 1.35. The van der Waals surface area contributed by atoms with Crippen LogP contribution in [0.15, 0.2) is 12.2 Å². The van der Waals surface area contributed by atoms with Crippen LogP contribution in [-0.4, -0.2) is 19.0 Å². The quantitative estimate of drug-likeness (QED) is 0.434. The van der Waals surface area contributed by atoms with Crippen molar-refractivity contribution in [3.8, 4) is 0 Å². The Hall–Kier alpha value is -0.630. The number of rotatable bonds is 6. The van der Waals surface area contributed by atoms with Crippen molar-refractivity contribution in [1.82, 2.24) is 0 Å². The van der Waals surface area contributed by atoms with Gasteiger partial charge in [0.25, 0.3) is 0 Å². The first-order chi connectivity index (χ1) is 5.18. The Labute approximate surface area is 68.2 Å². The van der Waals surface area contributed by atoms with Crippen LogP contribution >= 0.6 is 0 Å². The average molecular weight is 156 g/mol. The van der Waals surface area contributed by atoms with Crippen LogP contribution in [-0.2, 0) is 9.53 Å². The molecule has 0 radical (unpaired) electrons. The molecule has 0 bridgehead atoms. The summed E-state index contributed by atoms with van der Waals surface area (Å²) in [5, 5.41) is 0. The fraction of sp³-hybridized carbons (Fsp3) is 0.667. The highest BCUT2D eigenvalue weighted by Crippen LogP contribution is 1.92. The summed E-state index contributed by atoms with van der Waals surface area (Å²) in [5.41, 5.74) is 0.571. The van der Waals surface area contributed by atoms with Gasteiger partial charge in [0.15, 0.2) is 5.78 Å². The van der Waals surface area contributed by atoms with E-state index in [0.717, 1.165) is 12.8 Å². The van der Waals surface area contributed by atoms with Crippen molar-refractivity contribution in [3.63, 3.8) is 0 Å². The average Bonchev–Trinajstić information content (AvgIpc) is 1.97. The number of ether oxygens (including phenoxy) is 1. The van der Waals surface area contributed by atoms with Gasteiger partial charge in [0, 0.05) is 6.61 Å². The molecule has 0 spiro atoms. The summed E-state index contributed by atoms with van der Waals surface area (Å²) in [6.07, 6.45) is 2.12. The van der Waals surface area contributed by atoms with Crippen LogP contribution < -0.4 is 0 Å². The monoisotopic (exact) mass is 156 g/mol. The standard InChI is InChI=1S/C9H16O2/c1-4-5-6-11-7-9(10)8(2)3/h2,4-7H2,1,3H3. The lowest BCUT2D eigenvalue weighted by Crippen LogP contribution is -2.09. The second-order valence-corrected chi connectivity index (χ2v) is 2.61. The summed E-state index contributed by atoms with van der Waals surface area (Å²) in [4.78, 5) is 10.9. The van der Waals surface area contributed by atoms with Crippen LogP contribution in [0.25, 0.3) is 0 Å². The molecule has 0 aliphatic rings. The maximum atomic E-state index is 10.9. The largest absolute Gasteiger partial charge is 0.373 e. The van der Waals surface area contributed by atoms with E-state index in [-0.39, 0.29) is 12.4 Å². The van der Waals surface area contributed by atoms with Crippen LogP contribution in [0.5, 0.6) is 0 Å². The van der Waals surface area contributed by atoms with Crippen LogP contribution in [0, 0.1) is 0 Å². The number of hydrogen-bond acceptors (Lipinski definition) is 2. The molecule has 64 valence electrons. The maximum Gasteiger partial charge on any atom is 0.183 e. The third kappa shape index (κ3) is 5.80. The molecule has 0 amide bonds. The molecular weight excluding hydrogens is 140 g/mol. The van der Waals surface area contributed by atoms with Gasteiger partial charge in [0.05, 0.1) is 0 Å². The first-order valence-corrected chi connectivity index (χ1v) is 3.95. The number of carbonyl (C=O) groups is 1. The molecule has 0 saturated heterocycles. The molecule has 0 aromatic carbocycles. The predicted octanol–water partition coefficient (Wildman–Crippen LogP) is 1.95. The van der Waals surface area contributed by atoms with Crippen LogP contribution in [0.2, 0.25) is 0 Å². The summed E-state index contributed by atoms with van der Waals surface area (Å²) < 4.78 is 5.09. The molecule has 0 N–H and O–H groups in total. The molecule has 0 aromatic rings. The second kappa shape index (κ2) is 6.10. The Morgan fingerprint density at radius 2 is 2.18 bits per heavy atom. The fourth-order valence-electron chi connectivity index (χ4n) is 0.534. The Bertz CT molecular complexity index is 138. The Morgan fingerprint density at radius 1 is 1.55 bits per heavy atom. The SMILES string of the molecule is C=C(C)C(=O)COCCCC. The minimum absolute atomic E-state index is 0.00102. The van der Waals surface area contributed by atoms with Crippen molar-refractivity contribution in [1.29, 1.82) is 0 Å². The van der Waals surface area contributed by atoms with Crippen molar-refractivity contribution in [3.05, 3.63) is 12.2 Å². The summed E-state index contributed by atoms with van der Waals surface area (Å²) in [7, 11) is 0. The molecule has 0 aliphatic carbocycles. The van der Waals surface area contributed by atoms with E-state index < -0.39 is 0 Å². The first kappa shape index (κ1) is 10.4. The van der Waals surface area contributed by atoms with Gasteiger partial charge in [-0.05, 0) is 18.9 Å². The molecule has 0 heterocycles. The molecule has 0 rings (SSSR count). The number of carbonyl (C=O) groups excluding carboxylic acids is 1. The smallest absolute Gasteiger partial charge is 0.183 e. The Balaban J connectivity index is 3.25. The van der Waals surface area contributed by atoms with E-state index in [1.165, 1.54) is 0 Å². The van der Waals surface area contributed by atoms with E-state index in [1.54, 1.807) is 6.92 Å². The molecule has 0 atom stereocenters. The zero-order valence-corrected chi connectivity index (χ0v) is 7.35. The second-order valence-electron chi connectivity index (χ2n) is 2.61. The van der Waals surface area contributed by atoms with Crippen LogP contribution in [0.4, 0.5) is 0 Å². The fourth-order valence-corrected chi connectivity index (χ4v) is 0.534. The van der Waals surface area contributed by atoms with E-state index in [4.69, 9.17) is 4.74 Å². The molecule has 2 heteroatoms. The van der Waals surface area contributed by atoms with Gasteiger partial charge < -0.3 is 4.74 Å². The number of unbranched alkanes of at least 4 members (excludes halogenated alkanes) is 1. The molecule has 11 heavy (non-hydrogen) atoms. The molecule has 0 aromatic heterocycles. The highest BCUT2D eigenvalue weighted by Gasteiger charge is 2.00. The zero-order chi connectivity index (χ0) is 8.69. The summed E-state index contributed by atoms with van der Waals surface area (Å²) in [6.45, 7) is 8.18. The van der Waals surface area contributed by atoms with Crippen molar-refractivity contribution in [2.24, 2.45) is 0 Å². The van der Waals surface area contributed by atoms with E-state index in [2.05, 4.69) is 13.5 Å². The van der Waals surface area contributed by atoms with E-state index in [9.17, 15) is 4.79 Å². The van der Waals surface area contributed by atoms with Crippen molar-refractivity contribution >= 4 is 5.78 Å². The van der Waals surface area contributed by atoms with Gasteiger partial charge in [-0.2, -0.15) is 0 Å². The van der Waals surface area contributed by atoms with Gasteiger partial charge in [-0.15, -0.1) is 0 Å². The summed E-state index contributed by atoms with van der Waals surface area (Å²) in [6, 6.07) is 0. The van der Waals surface area contributed by atoms with Gasteiger partial charge in [-0.25, -0.2) is 0 Å². The minimum atomic E-state index is 0.00102. The summed E-state index contributed by atoms with van der Waals surface area (Å²) >= 11 is 0. The normalized spacial score (nSPS) is 9.64. The van der Waals surface area contributed by atoms with Crippen molar-refractivity contribution in [2.45, 2.75) is 26.7 Å². The Kier molecular flexibility index (Phi) is 5.75. The zero-order valence-electron chi connectivity index (χ0n) is 7.35. The third-order valence-electron chi connectivity index (χ3n) is 1.35. The maximum absolute atomic E-state index is 10.9. The minimum Gasteiger partial charge on any atom is -0.373 e.